The van der Waals surface area contributed by atoms with Gasteiger partial charge in [-0.15, -0.1) is 0 Å². The molecule has 2 rings (SSSR count). The van der Waals surface area contributed by atoms with Gasteiger partial charge in [-0.3, -0.25) is 0 Å². The summed E-state index contributed by atoms with van der Waals surface area (Å²) in [7, 11) is 0. The highest BCUT2D eigenvalue weighted by Crippen LogP contribution is 2.33. The maximum Gasteiger partial charge on any atom is 0.416 e. The molecule has 2 aromatic carbocycles. The highest BCUT2D eigenvalue weighted by molar-refractivity contribution is 5.95. The molecule has 0 saturated carbocycles. The van der Waals surface area contributed by atoms with Gasteiger partial charge in [0.2, 0.25) is 0 Å². The van der Waals surface area contributed by atoms with Crippen molar-refractivity contribution in [1.29, 1.82) is 0 Å². The molecule has 0 unspecified atom stereocenters. The maximum absolute atomic E-state index is 12.8. The van der Waals surface area contributed by atoms with Gasteiger partial charge in [-0.25, -0.2) is 4.79 Å². The molecule has 0 aromatic heterocycles. The first-order chi connectivity index (χ1) is 10.8. The second-order valence-corrected chi connectivity index (χ2v) is 4.65. The molecular formula is C16H14F3NO3. The van der Waals surface area contributed by atoms with Crippen LogP contribution in [-0.4, -0.2) is 17.7 Å². The molecule has 0 saturated heterocycles. The third kappa shape index (κ3) is 4.15. The average molecular weight is 325 g/mol. The molecule has 2 aromatic rings. The number of anilines is 2. The third-order valence-corrected chi connectivity index (χ3v) is 3.02. The quantitative estimate of drug-likeness (QED) is 0.847. The van der Waals surface area contributed by atoms with E-state index in [-0.39, 0.29) is 11.3 Å². The highest BCUT2D eigenvalue weighted by atomic mass is 19.4. The monoisotopic (exact) mass is 325 g/mol. The van der Waals surface area contributed by atoms with Gasteiger partial charge in [0.1, 0.15) is 5.75 Å². The maximum atomic E-state index is 12.8. The van der Waals surface area contributed by atoms with E-state index < -0.39 is 17.7 Å². The van der Waals surface area contributed by atoms with Crippen LogP contribution in [0.4, 0.5) is 24.5 Å². The number of aromatic carboxylic acids is 1. The van der Waals surface area contributed by atoms with Crippen LogP contribution in [0.3, 0.4) is 0 Å². The van der Waals surface area contributed by atoms with E-state index in [9.17, 15) is 18.0 Å². The Hall–Kier alpha value is -2.70. The number of benzene rings is 2. The van der Waals surface area contributed by atoms with Crippen molar-refractivity contribution in [2.45, 2.75) is 13.1 Å². The summed E-state index contributed by atoms with van der Waals surface area (Å²) in [5.41, 5.74) is -0.838. The molecule has 0 atom stereocenters. The smallest absolute Gasteiger partial charge is 0.416 e. The van der Waals surface area contributed by atoms with Crippen molar-refractivity contribution in [3.8, 4) is 5.75 Å². The number of alkyl halides is 3. The molecule has 0 heterocycles. The van der Waals surface area contributed by atoms with Gasteiger partial charge in [0.15, 0.2) is 0 Å². The van der Waals surface area contributed by atoms with Crippen molar-refractivity contribution in [3.05, 3.63) is 53.6 Å². The Morgan fingerprint density at radius 3 is 2.35 bits per heavy atom. The van der Waals surface area contributed by atoms with E-state index in [1.54, 1.807) is 24.3 Å². The van der Waals surface area contributed by atoms with E-state index in [1.807, 2.05) is 6.92 Å². The van der Waals surface area contributed by atoms with Crippen molar-refractivity contribution >= 4 is 17.3 Å². The van der Waals surface area contributed by atoms with Gasteiger partial charge in [0, 0.05) is 5.69 Å². The fourth-order valence-corrected chi connectivity index (χ4v) is 1.97. The van der Waals surface area contributed by atoms with E-state index in [4.69, 9.17) is 9.84 Å². The van der Waals surface area contributed by atoms with E-state index >= 15 is 0 Å². The molecule has 0 aliphatic carbocycles. The van der Waals surface area contributed by atoms with Gasteiger partial charge < -0.3 is 15.2 Å². The Morgan fingerprint density at radius 1 is 1.17 bits per heavy atom. The summed E-state index contributed by atoms with van der Waals surface area (Å²) in [4.78, 5) is 11.2. The summed E-state index contributed by atoms with van der Waals surface area (Å²) in [6, 6.07) is 8.92. The molecule has 23 heavy (non-hydrogen) atoms. The SMILES string of the molecule is CCOc1ccc(Nc2cc(C(F)(F)F)ccc2C(=O)O)cc1. The third-order valence-electron chi connectivity index (χ3n) is 3.02. The van der Waals surface area contributed by atoms with Crippen molar-refractivity contribution in [2.75, 3.05) is 11.9 Å². The van der Waals surface area contributed by atoms with Crippen molar-refractivity contribution in [3.63, 3.8) is 0 Å². The van der Waals surface area contributed by atoms with Crippen LogP contribution in [0.5, 0.6) is 5.75 Å². The van der Waals surface area contributed by atoms with Crippen LogP contribution in [-0.2, 0) is 6.18 Å². The van der Waals surface area contributed by atoms with E-state index in [0.29, 0.717) is 18.0 Å². The van der Waals surface area contributed by atoms with Crippen molar-refractivity contribution in [1.82, 2.24) is 0 Å². The number of carboxylic acids is 1. The second kappa shape index (κ2) is 6.60. The second-order valence-electron chi connectivity index (χ2n) is 4.65. The molecule has 0 amide bonds. The summed E-state index contributed by atoms with van der Waals surface area (Å²) in [5.74, 6) is -0.701. The van der Waals surface area contributed by atoms with E-state index in [0.717, 1.165) is 18.2 Å². The summed E-state index contributed by atoms with van der Waals surface area (Å²) in [6.45, 7) is 2.32. The molecule has 0 bridgehead atoms. The largest absolute Gasteiger partial charge is 0.494 e. The molecule has 2 N–H and O–H groups in total. The minimum absolute atomic E-state index is 0.128. The van der Waals surface area contributed by atoms with Crippen LogP contribution >= 0.6 is 0 Å². The minimum atomic E-state index is -4.55. The van der Waals surface area contributed by atoms with Crippen molar-refractivity contribution < 1.29 is 27.8 Å². The fourth-order valence-electron chi connectivity index (χ4n) is 1.97. The van der Waals surface area contributed by atoms with Crippen LogP contribution < -0.4 is 10.1 Å². The van der Waals surface area contributed by atoms with Crippen molar-refractivity contribution in [2.24, 2.45) is 0 Å². The summed E-state index contributed by atoms with van der Waals surface area (Å²) in [6.07, 6.45) is -4.55. The number of hydrogen-bond acceptors (Lipinski definition) is 3. The first-order valence-electron chi connectivity index (χ1n) is 6.75. The molecule has 0 aliphatic heterocycles. The summed E-state index contributed by atoms with van der Waals surface area (Å²) < 4.78 is 43.6. The number of ether oxygens (including phenoxy) is 1. The van der Waals surface area contributed by atoms with Gasteiger partial charge in [-0.2, -0.15) is 13.2 Å². The lowest BCUT2D eigenvalue weighted by Gasteiger charge is -2.14. The van der Waals surface area contributed by atoms with E-state index in [2.05, 4.69) is 5.32 Å². The standard InChI is InChI=1S/C16H14F3NO3/c1-2-23-12-6-4-11(5-7-12)20-14-9-10(16(17,18)19)3-8-13(14)15(21)22/h3-9,20H,2H2,1H3,(H,21,22). The lowest BCUT2D eigenvalue weighted by Crippen LogP contribution is -2.09. The number of hydrogen-bond donors (Lipinski definition) is 2. The number of nitrogens with one attached hydrogen (secondary N) is 1. The summed E-state index contributed by atoms with van der Waals surface area (Å²) >= 11 is 0. The molecule has 4 nitrogen and oxygen atoms in total. The summed E-state index contributed by atoms with van der Waals surface area (Å²) in [5, 5.41) is 11.8. The molecular weight excluding hydrogens is 311 g/mol. The van der Waals surface area contributed by atoms with Crippen LogP contribution in [0.1, 0.15) is 22.8 Å². The Kier molecular flexibility index (Phi) is 4.78. The Balaban J connectivity index is 2.34. The Morgan fingerprint density at radius 2 is 1.83 bits per heavy atom. The number of carboxylic acid groups (broad SMARTS) is 1. The zero-order valence-corrected chi connectivity index (χ0v) is 12.1. The number of rotatable bonds is 5. The van der Waals surface area contributed by atoms with Crippen LogP contribution in [0.15, 0.2) is 42.5 Å². The predicted molar refractivity (Wildman–Crippen MR) is 79.3 cm³/mol. The Labute approximate surface area is 130 Å². The first-order valence-corrected chi connectivity index (χ1v) is 6.75. The topological polar surface area (TPSA) is 58.6 Å². The van der Waals surface area contributed by atoms with Gasteiger partial charge in [-0.05, 0) is 49.4 Å². The first kappa shape index (κ1) is 16.7. The Bertz CT molecular complexity index is 697. The van der Waals surface area contributed by atoms with Gasteiger partial charge >= 0.3 is 12.1 Å². The molecule has 0 fully saturated rings. The van der Waals surface area contributed by atoms with E-state index in [1.165, 1.54) is 0 Å². The van der Waals surface area contributed by atoms with Crippen LogP contribution in [0.25, 0.3) is 0 Å². The number of halogens is 3. The van der Waals surface area contributed by atoms with Gasteiger partial charge in [-0.1, -0.05) is 0 Å². The van der Waals surface area contributed by atoms with Gasteiger partial charge in [0.05, 0.1) is 23.4 Å². The molecule has 0 aliphatic rings. The lowest BCUT2D eigenvalue weighted by molar-refractivity contribution is -0.137. The number of carbonyl (C=O) groups is 1. The van der Waals surface area contributed by atoms with Gasteiger partial charge in [0.25, 0.3) is 0 Å². The molecule has 0 spiro atoms. The lowest BCUT2D eigenvalue weighted by atomic mass is 10.1. The molecule has 0 radical (unpaired) electrons. The fraction of sp³-hybridized carbons (Fsp3) is 0.188. The molecule has 7 heteroatoms. The highest BCUT2D eigenvalue weighted by Gasteiger charge is 2.31. The molecule has 122 valence electrons. The predicted octanol–water partition coefficient (Wildman–Crippen LogP) is 4.55. The zero-order valence-electron chi connectivity index (χ0n) is 12.1. The van der Waals surface area contributed by atoms with Crippen LogP contribution in [0, 0.1) is 0 Å². The normalized spacial score (nSPS) is 11.1. The van der Waals surface area contributed by atoms with Crippen LogP contribution in [0.2, 0.25) is 0 Å². The average Bonchev–Trinajstić information content (AvgIpc) is 2.48. The zero-order chi connectivity index (χ0) is 17.0. The minimum Gasteiger partial charge on any atom is -0.494 e.